The Bertz CT molecular complexity index is 932. The Hall–Kier alpha value is -3.42. The van der Waals surface area contributed by atoms with Crippen LogP contribution in [-0.2, 0) is 27.3 Å². The number of benzene rings is 1. The maximum atomic E-state index is 12.5. The Kier molecular flexibility index (Phi) is 6.93. The summed E-state index contributed by atoms with van der Waals surface area (Å²) in [6, 6.07) is 9.28. The van der Waals surface area contributed by atoms with E-state index in [0.29, 0.717) is 11.3 Å². The zero-order valence-corrected chi connectivity index (χ0v) is 16.9. The van der Waals surface area contributed by atoms with E-state index in [1.807, 2.05) is 30.3 Å². The fourth-order valence-electron chi connectivity index (χ4n) is 2.79. The van der Waals surface area contributed by atoms with Gasteiger partial charge in [-0.15, -0.1) is 0 Å². The summed E-state index contributed by atoms with van der Waals surface area (Å²) in [5.41, 5.74) is 1.49. The molecule has 0 aliphatic heterocycles. The second kappa shape index (κ2) is 9.18. The number of esters is 2. The van der Waals surface area contributed by atoms with E-state index in [1.165, 1.54) is 20.1 Å². The number of methoxy groups -OCH3 is 1. The Labute approximate surface area is 168 Å². The number of ether oxygens (including phenoxy) is 2. The van der Waals surface area contributed by atoms with Gasteiger partial charge in [0.25, 0.3) is 0 Å². The number of carbonyl (C=O) groups excluding carboxylic acids is 2. The number of carbonyl (C=O) groups is 2. The lowest BCUT2D eigenvalue weighted by Gasteiger charge is -2.16. The number of rotatable bonds is 8. The highest BCUT2D eigenvalue weighted by molar-refractivity contribution is 5.89. The van der Waals surface area contributed by atoms with Crippen LogP contribution in [0.15, 0.2) is 42.5 Å². The molecule has 8 nitrogen and oxygen atoms in total. The van der Waals surface area contributed by atoms with Crippen molar-refractivity contribution in [3.8, 4) is 0 Å². The van der Waals surface area contributed by atoms with Crippen molar-refractivity contribution in [2.75, 3.05) is 7.11 Å². The summed E-state index contributed by atoms with van der Waals surface area (Å²) in [4.78, 5) is 37.9. The molecule has 1 aromatic heterocycles. The van der Waals surface area contributed by atoms with Crippen LogP contribution in [-0.4, -0.2) is 34.5 Å². The summed E-state index contributed by atoms with van der Waals surface area (Å²) >= 11 is 0. The topological polar surface area (TPSA) is 112 Å². The van der Waals surface area contributed by atoms with E-state index in [9.17, 15) is 19.7 Å². The van der Waals surface area contributed by atoms with E-state index in [0.717, 1.165) is 17.2 Å². The second-order valence-electron chi connectivity index (χ2n) is 6.94. The highest BCUT2D eigenvalue weighted by Gasteiger charge is 2.36. The average molecular weight is 400 g/mol. The molecule has 0 fully saturated rings. The molecule has 154 valence electrons. The number of hydrogen-bond acceptors (Lipinski definition) is 6. The molecule has 2 aromatic rings. The van der Waals surface area contributed by atoms with Crippen LogP contribution in [0, 0.1) is 24.0 Å². The van der Waals surface area contributed by atoms with Crippen molar-refractivity contribution in [3.05, 3.63) is 80.7 Å². The van der Waals surface area contributed by atoms with Crippen molar-refractivity contribution in [3.63, 3.8) is 0 Å². The number of nitro groups is 1. The summed E-state index contributed by atoms with van der Waals surface area (Å²) in [6.07, 6.45) is 2.19. The van der Waals surface area contributed by atoms with Crippen LogP contribution in [0.2, 0.25) is 0 Å². The lowest BCUT2D eigenvalue weighted by atomic mass is 9.94. The lowest BCUT2D eigenvalue weighted by Crippen LogP contribution is -2.35. The summed E-state index contributed by atoms with van der Waals surface area (Å²) in [5, 5.41) is 11.6. The predicted molar refractivity (Wildman–Crippen MR) is 106 cm³/mol. The molecule has 1 heterocycles. The molecular weight excluding hydrogens is 376 g/mol. The van der Waals surface area contributed by atoms with Gasteiger partial charge in [0, 0.05) is 23.6 Å². The van der Waals surface area contributed by atoms with Gasteiger partial charge in [0.05, 0.1) is 13.5 Å². The molecule has 1 aromatic carbocycles. The van der Waals surface area contributed by atoms with Crippen LogP contribution < -0.4 is 0 Å². The highest BCUT2D eigenvalue weighted by Crippen LogP contribution is 2.25. The van der Waals surface area contributed by atoms with E-state index in [4.69, 9.17) is 4.74 Å². The first kappa shape index (κ1) is 21.9. The maximum Gasteiger partial charge on any atom is 0.355 e. The first-order chi connectivity index (χ1) is 13.7. The first-order valence-corrected chi connectivity index (χ1v) is 8.98. The molecule has 0 bridgehead atoms. The standard InChI is InChI=1S/C21H24N2O6/c1-14-15(2)19(20(25)29-13-16-8-6-5-7-9-16)22-17(14)12-21(3,23(26)27)11-10-18(24)28-4/h5-11,22H,12-13H2,1-4H3/b11-10+/t21-/m1/s1. The Morgan fingerprint density at radius 1 is 1.21 bits per heavy atom. The summed E-state index contributed by atoms with van der Waals surface area (Å²) in [5.74, 6) is -1.21. The van der Waals surface area contributed by atoms with Crippen molar-refractivity contribution in [1.29, 1.82) is 0 Å². The van der Waals surface area contributed by atoms with Crippen LogP contribution >= 0.6 is 0 Å². The minimum atomic E-state index is -1.55. The molecule has 0 spiro atoms. The predicted octanol–water partition coefficient (Wildman–Crippen LogP) is 3.30. The normalized spacial score (nSPS) is 13.1. The van der Waals surface area contributed by atoms with Gasteiger partial charge in [-0.2, -0.15) is 0 Å². The maximum absolute atomic E-state index is 12.5. The van der Waals surface area contributed by atoms with E-state index in [-0.39, 0.29) is 18.7 Å². The summed E-state index contributed by atoms with van der Waals surface area (Å²) < 4.78 is 9.86. The molecule has 1 N–H and O–H groups in total. The molecule has 0 amide bonds. The summed E-state index contributed by atoms with van der Waals surface area (Å²) in [6.45, 7) is 5.05. The van der Waals surface area contributed by atoms with E-state index < -0.39 is 22.4 Å². The van der Waals surface area contributed by atoms with Crippen LogP contribution in [0.3, 0.4) is 0 Å². The number of nitrogens with zero attached hydrogens (tertiary/aromatic N) is 1. The largest absolute Gasteiger partial charge is 0.466 e. The molecule has 0 saturated heterocycles. The van der Waals surface area contributed by atoms with Crippen molar-refractivity contribution in [2.45, 2.75) is 39.3 Å². The second-order valence-corrected chi connectivity index (χ2v) is 6.94. The third-order valence-corrected chi connectivity index (χ3v) is 4.81. The van der Waals surface area contributed by atoms with Crippen molar-refractivity contribution in [1.82, 2.24) is 4.98 Å². The lowest BCUT2D eigenvalue weighted by molar-refractivity contribution is -0.550. The molecule has 0 radical (unpaired) electrons. The van der Waals surface area contributed by atoms with Gasteiger partial charge in [0.15, 0.2) is 0 Å². The van der Waals surface area contributed by atoms with Gasteiger partial charge in [0.1, 0.15) is 12.3 Å². The third kappa shape index (κ3) is 5.31. The van der Waals surface area contributed by atoms with Crippen LogP contribution in [0.4, 0.5) is 0 Å². The third-order valence-electron chi connectivity index (χ3n) is 4.81. The molecule has 0 aliphatic carbocycles. The van der Waals surface area contributed by atoms with E-state index in [2.05, 4.69) is 9.72 Å². The van der Waals surface area contributed by atoms with Gasteiger partial charge in [-0.25, -0.2) is 9.59 Å². The molecular formula is C21H24N2O6. The molecule has 1 atom stereocenters. The summed E-state index contributed by atoms with van der Waals surface area (Å²) in [7, 11) is 1.20. The Morgan fingerprint density at radius 3 is 2.45 bits per heavy atom. The number of H-pyrrole nitrogens is 1. The minimum absolute atomic E-state index is 0.0356. The molecule has 29 heavy (non-hydrogen) atoms. The molecule has 8 heteroatoms. The van der Waals surface area contributed by atoms with Gasteiger partial charge < -0.3 is 14.5 Å². The smallest absolute Gasteiger partial charge is 0.355 e. The number of aromatic amines is 1. The van der Waals surface area contributed by atoms with Crippen molar-refractivity contribution >= 4 is 11.9 Å². The fourth-order valence-corrected chi connectivity index (χ4v) is 2.79. The van der Waals surface area contributed by atoms with Gasteiger partial charge in [0.2, 0.25) is 5.54 Å². The highest BCUT2D eigenvalue weighted by atomic mass is 16.6. The van der Waals surface area contributed by atoms with E-state index in [1.54, 1.807) is 13.8 Å². The number of nitrogens with one attached hydrogen (secondary N) is 1. The SMILES string of the molecule is COC(=O)/C=C/[C@](C)(Cc1[nH]c(C(=O)OCc2ccccc2)c(C)c1C)[N+](=O)[O-]. The number of hydrogen-bond donors (Lipinski definition) is 1. The zero-order chi connectivity index (χ0) is 21.6. The van der Waals surface area contributed by atoms with E-state index >= 15 is 0 Å². The van der Waals surface area contributed by atoms with Gasteiger partial charge in [-0.1, -0.05) is 30.3 Å². The first-order valence-electron chi connectivity index (χ1n) is 8.98. The average Bonchev–Trinajstić information content (AvgIpc) is 2.99. The minimum Gasteiger partial charge on any atom is -0.466 e. The van der Waals surface area contributed by atoms with Gasteiger partial charge in [-0.3, -0.25) is 10.1 Å². The monoisotopic (exact) mass is 400 g/mol. The number of aromatic nitrogens is 1. The van der Waals surface area contributed by atoms with Crippen LogP contribution in [0.5, 0.6) is 0 Å². The molecule has 2 rings (SSSR count). The Morgan fingerprint density at radius 2 is 1.86 bits per heavy atom. The quantitative estimate of drug-likeness (QED) is 0.315. The van der Waals surface area contributed by atoms with Gasteiger partial charge >= 0.3 is 11.9 Å². The Balaban J connectivity index is 2.22. The van der Waals surface area contributed by atoms with Crippen molar-refractivity contribution < 1.29 is 24.0 Å². The van der Waals surface area contributed by atoms with Crippen LogP contribution in [0.1, 0.15) is 39.8 Å². The fraction of sp³-hybridized carbons (Fsp3) is 0.333. The molecule has 0 saturated carbocycles. The van der Waals surface area contributed by atoms with Gasteiger partial charge in [-0.05, 0) is 36.6 Å². The zero-order valence-electron chi connectivity index (χ0n) is 16.9. The molecule has 0 unspecified atom stereocenters. The molecule has 0 aliphatic rings. The van der Waals surface area contributed by atoms with Crippen molar-refractivity contribution in [2.24, 2.45) is 0 Å². The van der Waals surface area contributed by atoms with Crippen LogP contribution in [0.25, 0.3) is 0 Å².